The van der Waals surface area contributed by atoms with Crippen LogP contribution in [0, 0.1) is 18.8 Å². The molecule has 0 aliphatic heterocycles. The van der Waals surface area contributed by atoms with E-state index in [0.29, 0.717) is 6.04 Å². The first-order chi connectivity index (χ1) is 6.74. The molecule has 1 aromatic heterocycles. The molecule has 3 rings (SSSR count). The third-order valence-corrected chi connectivity index (χ3v) is 3.93. The van der Waals surface area contributed by atoms with Gasteiger partial charge in [0.25, 0.3) is 0 Å². The van der Waals surface area contributed by atoms with Gasteiger partial charge in [-0.15, -0.1) is 0 Å². The fourth-order valence-corrected chi connectivity index (χ4v) is 3.33. The van der Waals surface area contributed by atoms with Gasteiger partial charge in [-0.2, -0.15) is 0 Å². The van der Waals surface area contributed by atoms with Crippen molar-refractivity contribution in [1.82, 2.24) is 9.55 Å². The number of aryl methyl sites for hydroxylation is 1. The Morgan fingerprint density at radius 1 is 1.43 bits per heavy atom. The standard InChI is InChI=1S/C11H16N2O/c1-7-6-13(11(14)12-7)10-5-8-2-3-9(10)4-8/h6,8-10H,2-5H2,1H3,(H,12,14). The number of hydrogen-bond donors (Lipinski definition) is 1. The van der Waals surface area contributed by atoms with E-state index in [-0.39, 0.29) is 5.69 Å². The number of imidazole rings is 1. The van der Waals surface area contributed by atoms with Crippen molar-refractivity contribution in [3.8, 4) is 0 Å². The smallest absolute Gasteiger partial charge is 0.310 e. The van der Waals surface area contributed by atoms with Gasteiger partial charge in [-0.3, -0.25) is 4.57 Å². The van der Waals surface area contributed by atoms with Gasteiger partial charge in [-0.25, -0.2) is 4.79 Å². The van der Waals surface area contributed by atoms with Crippen LogP contribution in [0.25, 0.3) is 0 Å². The van der Waals surface area contributed by atoms with Crippen LogP contribution in [0.5, 0.6) is 0 Å². The molecule has 3 nitrogen and oxygen atoms in total. The van der Waals surface area contributed by atoms with Crippen LogP contribution in [0.15, 0.2) is 11.0 Å². The first-order valence-electron chi connectivity index (χ1n) is 5.52. The summed E-state index contributed by atoms with van der Waals surface area (Å²) in [5.74, 6) is 1.67. The van der Waals surface area contributed by atoms with E-state index in [2.05, 4.69) is 4.98 Å². The van der Waals surface area contributed by atoms with Gasteiger partial charge in [0.15, 0.2) is 0 Å². The molecule has 2 saturated carbocycles. The van der Waals surface area contributed by atoms with Crippen LogP contribution in [-0.2, 0) is 0 Å². The van der Waals surface area contributed by atoms with Gasteiger partial charge >= 0.3 is 5.69 Å². The van der Waals surface area contributed by atoms with Gasteiger partial charge < -0.3 is 4.98 Å². The summed E-state index contributed by atoms with van der Waals surface area (Å²) in [5, 5.41) is 0. The first kappa shape index (κ1) is 8.33. The molecule has 2 bridgehead atoms. The maximum atomic E-state index is 11.6. The quantitative estimate of drug-likeness (QED) is 0.724. The van der Waals surface area contributed by atoms with Crippen molar-refractivity contribution in [1.29, 1.82) is 0 Å². The van der Waals surface area contributed by atoms with Gasteiger partial charge in [0.05, 0.1) is 0 Å². The normalized spacial score (nSPS) is 35.4. The van der Waals surface area contributed by atoms with Gasteiger partial charge in [-0.1, -0.05) is 6.42 Å². The molecule has 3 heteroatoms. The number of aromatic amines is 1. The van der Waals surface area contributed by atoms with Crippen molar-refractivity contribution in [3.63, 3.8) is 0 Å². The summed E-state index contributed by atoms with van der Waals surface area (Å²) in [5.41, 5.74) is 1.07. The lowest BCUT2D eigenvalue weighted by molar-refractivity contribution is 0.323. The second kappa shape index (κ2) is 2.75. The molecular formula is C11H16N2O. The van der Waals surface area contributed by atoms with E-state index >= 15 is 0 Å². The van der Waals surface area contributed by atoms with Crippen LogP contribution in [-0.4, -0.2) is 9.55 Å². The van der Waals surface area contributed by atoms with Crippen molar-refractivity contribution in [2.24, 2.45) is 11.8 Å². The topological polar surface area (TPSA) is 37.8 Å². The molecule has 76 valence electrons. The van der Waals surface area contributed by atoms with Gasteiger partial charge in [-0.05, 0) is 38.0 Å². The lowest BCUT2D eigenvalue weighted by atomic mass is 9.95. The van der Waals surface area contributed by atoms with E-state index in [4.69, 9.17) is 0 Å². The average Bonchev–Trinajstić information content (AvgIpc) is 2.79. The van der Waals surface area contributed by atoms with Gasteiger partial charge in [0.2, 0.25) is 0 Å². The van der Waals surface area contributed by atoms with Crippen LogP contribution < -0.4 is 5.69 Å². The highest BCUT2D eigenvalue weighted by Gasteiger charge is 2.40. The predicted octanol–water partition coefficient (Wildman–Crippen LogP) is 1.85. The summed E-state index contributed by atoms with van der Waals surface area (Å²) >= 11 is 0. The molecule has 0 spiro atoms. The Labute approximate surface area is 83.1 Å². The molecule has 0 amide bonds. The summed E-state index contributed by atoms with van der Waals surface area (Å²) in [6, 6.07) is 0.492. The highest BCUT2D eigenvalue weighted by atomic mass is 16.1. The first-order valence-corrected chi connectivity index (χ1v) is 5.52. The Kier molecular flexibility index (Phi) is 1.64. The number of hydrogen-bond acceptors (Lipinski definition) is 1. The van der Waals surface area contributed by atoms with E-state index in [1.54, 1.807) is 0 Å². The summed E-state index contributed by atoms with van der Waals surface area (Å²) in [4.78, 5) is 14.5. The Morgan fingerprint density at radius 3 is 2.79 bits per heavy atom. The number of nitrogens with zero attached hydrogens (tertiary/aromatic N) is 1. The minimum Gasteiger partial charge on any atom is -0.310 e. The molecule has 2 aliphatic rings. The Morgan fingerprint density at radius 2 is 2.29 bits per heavy atom. The Bertz CT molecular complexity index is 404. The van der Waals surface area contributed by atoms with E-state index in [9.17, 15) is 4.79 Å². The number of rotatable bonds is 1. The summed E-state index contributed by atoms with van der Waals surface area (Å²) in [6.45, 7) is 1.95. The third-order valence-electron chi connectivity index (χ3n) is 3.93. The third kappa shape index (κ3) is 1.08. The molecule has 3 unspecified atom stereocenters. The molecule has 0 saturated heterocycles. The van der Waals surface area contributed by atoms with Crippen LogP contribution in [0.2, 0.25) is 0 Å². The lowest BCUT2D eigenvalue weighted by Gasteiger charge is -2.21. The molecule has 1 aromatic rings. The molecule has 0 aromatic carbocycles. The zero-order valence-corrected chi connectivity index (χ0v) is 8.49. The summed E-state index contributed by atoms with van der Waals surface area (Å²) in [7, 11) is 0. The van der Waals surface area contributed by atoms with E-state index in [1.165, 1.54) is 25.7 Å². The zero-order valence-electron chi connectivity index (χ0n) is 8.49. The largest absolute Gasteiger partial charge is 0.325 e. The summed E-state index contributed by atoms with van der Waals surface area (Å²) in [6.07, 6.45) is 7.27. The molecule has 1 heterocycles. The lowest BCUT2D eigenvalue weighted by Crippen LogP contribution is -2.25. The minimum absolute atomic E-state index is 0.0834. The van der Waals surface area contributed by atoms with Crippen LogP contribution in [0.3, 0.4) is 0 Å². The fourth-order valence-electron chi connectivity index (χ4n) is 3.33. The maximum absolute atomic E-state index is 11.6. The predicted molar refractivity (Wildman–Crippen MR) is 54.3 cm³/mol. The van der Waals surface area contributed by atoms with E-state index in [0.717, 1.165) is 17.5 Å². The molecule has 1 N–H and O–H groups in total. The van der Waals surface area contributed by atoms with Gasteiger partial charge in [0, 0.05) is 17.9 Å². The molecule has 0 radical (unpaired) electrons. The number of H-pyrrole nitrogens is 1. The zero-order chi connectivity index (χ0) is 9.71. The van der Waals surface area contributed by atoms with Crippen molar-refractivity contribution in [3.05, 3.63) is 22.4 Å². The fraction of sp³-hybridized carbons (Fsp3) is 0.727. The number of aromatic nitrogens is 2. The highest BCUT2D eigenvalue weighted by molar-refractivity contribution is 5.00. The Balaban J connectivity index is 1.96. The van der Waals surface area contributed by atoms with Crippen molar-refractivity contribution >= 4 is 0 Å². The van der Waals surface area contributed by atoms with E-state index in [1.807, 2.05) is 17.7 Å². The monoisotopic (exact) mass is 192 g/mol. The maximum Gasteiger partial charge on any atom is 0.325 e. The van der Waals surface area contributed by atoms with Crippen molar-refractivity contribution < 1.29 is 0 Å². The van der Waals surface area contributed by atoms with Crippen molar-refractivity contribution in [2.75, 3.05) is 0 Å². The molecule has 2 aliphatic carbocycles. The number of fused-ring (bicyclic) bond motifs is 2. The van der Waals surface area contributed by atoms with E-state index < -0.39 is 0 Å². The average molecular weight is 192 g/mol. The second-order valence-corrected chi connectivity index (χ2v) is 4.89. The molecule has 2 fully saturated rings. The molecule has 3 atom stereocenters. The second-order valence-electron chi connectivity index (χ2n) is 4.89. The minimum atomic E-state index is 0.0834. The van der Waals surface area contributed by atoms with Gasteiger partial charge in [0.1, 0.15) is 0 Å². The highest BCUT2D eigenvalue weighted by Crippen LogP contribution is 2.50. The number of nitrogens with one attached hydrogen (secondary N) is 1. The summed E-state index contributed by atoms with van der Waals surface area (Å²) < 4.78 is 1.93. The SMILES string of the molecule is Cc1cn(C2CC3CCC2C3)c(=O)[nH]1. The van der Waals surface area contributed by atoms with Crippen LogP contribution >= 0.6 is 0 Å². The molecular weight excluding hydrogens is 176 g/mol. The van der Waals surface area contributed by atoms with Crippen molar-refractivity contribution in [2.45, 2.75) is 38.6 Å². The Hall–Kier alpha value is -0.990. The van der Waals surface area contributed by atoms with Crippen LogP contribution in [0.4, 0.5) is 0 Å². The molecule has 14 heavy (non-hydrogen) atoms. The van der Waals surface area contributed by atoms with Crippen LogP contribution in [0.1, 0.15) is 37.4 Å².